The number of nitrogen functional groups attached to an aromatic ring is 2. The van der Waals surface area contributed by atoms with Gasteiger partial charge in [0.1, 0.15) is 19.3 Å². The number of nitrogens with zero attached hydrogens (tertiary/aromatic N) is 6. The number of aliphatic carboxylic acids is 1. The molecule has 6 aromatic rings. The summed E-state index contributed by atoms with van der Waals surface area (Å²) in [6.07, 6.45) is 2.51. The minimum atomic E-state index is -1.32. The summed E-state index contributed by atoms with van der Waals surface area (Å²) in [7, 11) is 0. The highest BCUT2D eigenvalue weighted by Gasteiger charge is 2.22. The maximum atomic E-state index is 12.8. The van der Waals surface area contributed by atoms with E-state index in [9.17, 15) is 24.3 Å². The van der Waals surface area contributed by atoms with E-state index >= 15 is 0 Å². The van der Waals surface area contributed by atoms with E-state index in [1.165, 1.54) is 24.7 Å². The number of hydrogen-bond donors (Lipinski definition) is 7. The smallest absolute Gasteiger partial charge is 0.326 e. The van der Waals surface area contributed by atoms with E-state index in [0.717, 1.165) is 5.56 Å². The zero-order valence-electron chi connectivity index (χ0n) is 26.6. The Morgan fingerprint density at radius 3 is 2.39 bits per heavy atom. The van der Waals surface area contributed by atoms with Crippen molar-refractivity contribution in [3.63, 3.8) is 0 Å². The Bertz CT molecular complexity index is 2270. The molecule has 1 amide bonds. The third kappa shape index (κ3) is 8.46. The molecule has 9 N–H and O–H groups in total. The summed E-state index contributed by atoms with van der Waals surface area (Å²) in [6, 6.07) is 12.1. The number of ether oxygens (including phenoxy) is 2. The maximum absolute atomic E-state index is 12.8. The Balaban J connectivity index is 0.938. The lowest BCUT2D eigenvalue weighted by Crippen LogP contribution is -2.41. The number of carbonyl (C=O) groups excluding carboxylic acids is 2. The molecule has 4 heterocycles. The molecule has 0 saturated carbocycles. The van der Waals surface area contributed by atoms with Gasteiger partial charge >= 0.3 is 11.9 Å². The van der Waals surface area contributed by atoms with Gasteiger partial charge in [-0.2, -0.15) is 15.0 Å². The highest BCUT2D eigenvalue weighted by Crippen LogP contribution is 2.21. The van der Waals surface area contributed by atoms with Crippen molar-refractivity contribution in [2.45, 2.75) is 38.6 Å². The number of imidazole rings is 1. The summed E-state index contributed by atoms with van der Waals surface area (Å²) >= 11 is 0. The summed E-state index contributed by atoms with van der Waals surface area (Å²) in [6.45, 7) is 0.369. The number of nitrogens with two attached hydrogens (primary N) is 2. The van der Waals surface area contributed by atoms with Crippen LogP contribution in [0.25, 0.3) is 22.3 Å². The van der Waals surface area contributed by atoms with E-state index in [2.05, 4.69) is 50.5 Å². The predicted octanol–water partition coefficient (Wildman–Crippen LogP) is 1.44. The zero-order chi connectivity index (χ0) is 35.9. The Morgan fingerprint density at radius 1 is 0.902 bits per heavy atom. The number of nitrogens with one attached hydrogen (secondary N) is 4. The minimum absolute atomic E-state index is 0.0289. The van der Waals surface area contributed by atoms with Crippen LogP contribution in [-0.2, 0) is 34.1 Å². The molecule has 19 heteroatoms. The second-order valence-electron chi connectivity index (χ2n) is 11.1. The van der Waals surface area contributed by atoms with Gasteiger partial charge in [0.25, 0.3) is 11.5 Å². The highest BCUT2D eigenvalue weighted by molar-refractivity contribution is 5.97. The molecule has 0 saturated heterocycles. The van der Waals surface area contributed by atoms with Gasteiger partial charge in [0.15, 0.2) is 22.3 Å². The average molecular weight is 695 g/mol. The van der Waals surface area contributed by atoms with Gasteiger partial charge in [0, 0.05) is 17.7 Å². The molecule has 0 aliphatic carbocycles. The first-order valence-corrected chi connectivity index (χ1v) is 15.3. The fourth-order valence-electron chi connectivity index (χ4n) is 4.80. The third-order valence-electron chi connectivity index (χ3n) is 7.41. The molecule has 6 rings (SSSR count). The van der Waals surface area contributed by atoms with Crippen LogP contribution < -0.4 is 32.4 Å². The number of aromatic nitrogens is 8. The van der Waals surface area contributed by atoms with E-state index in [1.54, 1.807) is 36.4 Å². The molecule has 0 radical (unpaired) electrons. The van der Waals surface area contributed by atoms with Crippen molar-refractivity contribution in [2.24, 2.45) is 0 Å². The van der Waals surface area contributed by atoms with Crippen molar-refractivity contribution in [3.05, 3.63) is 93.8 Å². The summed E-state index contributed by atoms with van der Waals surface area (Å²) < 4.78 is 11.1. The lowest BCUT2D eigenvalue weighted by Gasteiger charge is -2.15. The molecule has 51 heavy (non-hydrogen) atoms. The summed E-state index contributed by atoms with van der Waals surface area (Å²) in [4.78, 5) is 78.9. The first-order valence-electron chi connectivity index (χ1n) is 15.3. The average Bonchev–Trinajstić information content (AvgIpc) is 3.60. The summed E-state index contributed by atoms with van der Waals surface area (Å²) in [5, 5.41) is 15.2. The molecule has 2 aromatic carbocycles. The molecule has 0 bridgehead atoms. The standard InChI is InChI=1S/C32H30N12O7/c33-31-41-25-23(28(47)43-31)39-20(12-36-25)11-35-19-7-5-18(6-8-19)27(46)40-21(30(48)49)9-10-22(45)50-13-16-1-3-17(4-2-16)14-51-29-24-26(38-15-37-24)42-32(34)44-29/h1-8,12,15,21,35H,9-11,13-14H2,(H,40,46)(H,48,49)(H3,33,36,41,43,47)(H3,34,37,38,42,44)/t21-/m0/s1. The van der Waals surface area contributed by atoms with Crippen LogP contribution in [-0.4, -0.2) is 68.9 Å². The number of anilines is 3. The molecule has 0 unspecified atom stereocenters. The van der Waals surface area contributed by atoms with Crippen LogP contribution in [0.1, 0.15) is 40.0 Å². The van der Waals surface area contributed by atoms with Crippen LogP contribution in [0.3, 0.4) is 0 Å². The normalized spacial score (nSPS) is 11.6. The van der Waals surface area contributed by atoms with E-state index < -0.39 is 29.4 Å². The summed E-state index contributed by atoms with van der Waals surface area (Å²) in [5.74, 6) is -2.31. The van der Waals surface area contributed by atoms with Crippen molar-refractivity contribution < 1.29 is 29.0 Å². The Kier molecular flexibility index (Phi) is 9.87. The SMILES string of the molecule is Nc1nc(OCc2ccc(COC(=O)CC[C@H](NC(=O)c3ccc(NCc4cnc5nc(N)[nH]c(=O)c5n4)cc3)C(=O)O)cc2)c2nc[nH]c2n1. The van der Waals surface area contributed by atoms with Crippen molar-refractivity contribution in [3.8, 4) is 5.88 Å². The first-order chi connectivity index (χ1) is 24.6. The molecule has 260 valence electrons. The maximum Gasteiger partial charge on any atom is 0.326 e. The van der Waals surface area contributed by atoms with Crippen molar-refractivity contribution in [1.29, 1.82) is 0 Å². The van der Waals surface area contributed by atoms with Crippen LogP contribution >= 0.6 is 0 Å². The van der Waals surface area contributed by atoms with Crippen LogP contribution in [0.2, 0.25) is 0 Å². The number of H-pyrrole nitrogens is 2. The van der Waals surface area contributed by atoms with Gasteiger partial charge in [-0.3, -0.25) is 19.4 Å². The second-order valence-corrected chi connectivity index (χ2v) is 11.1. The van der Waals surface area contributed by atoms with E-state index in [0.29, 0.717) is 28.1 Å². The van der Waals surface area contributed by atoms with Crippen LogP contribution in [0.15, 0.2) is 65.8 Å². The van der Waals surface area contributed by atoms with Gasteiger partial charge in [-0.25, -0.2) is 19.7 Å². The largest absolute Gasteiger partial charge is 0.480 e. The van der Waals surface area contributed by atoms with Crippen molar-refractivity contribution >= 4 is 57.8 Å². The number of carbonyl (C=O) groups is 3. The number of fused-ring (bicyclic) bond motifs is 2. The minimum Gasteiger partial charge on any atom is -0.480 e. The number of rotatable bonds is 14. The van der Waals surface area contributed by atoms with Gasteiger partial charge in [0.2, 0.25) is 17.8 Å². The van der Waals surface area contributed by atoms with Crippen LogP contribution in [0.4, 0.5) is 17.6 Å². The molecule has 19 nitrogen and oxygen atoms in total. The Hall–Kier alpha value is -7.18. The van der Waals surface area contributed by atoms with Crippen molar-refractivity contribution in [1.82, 2.24) is 45.2 Å². The van der Waals surface area contributed by atoms with E-state index in [4.69, 9.17) is 20.9 Å². The first kappa shape index (κ1) is 33.7. The fourth-order valence-corrected chi connectivity index (χ4v) is 4.80. The summed E-state index contributed by atoms with van der Waals surface area (Å²) in [5.41, 5.74) is 14.7. The molecule has 0 fully saturated rings. The molecule has 0 aliphatic heterocycles. The van der Waals surface area contributed by atoms with Crippen molar-refractivity contribution in [2.75, 3.05) is 16.8 Å². The van der Waals surface area contributed by atoms with Gasteiger partial charge in [-0.1, -0.05) is 24.3 Å². The molecular weight excluding hydrogens is 664 g/mol. The highest BCUT2D eigenvalue weighted by atomic mass is 16.5. The number of carboxylic acids is 1. The van der Waals surface area contributed by atoms with E-state index in [1.807, 2.05) is 0 Å². The molecule has 0 spiro atoms. The topological polar surface area (TPSA) is 292 Å². The zero-order valence-corrected chi connectivity index (χ0v) is 26.6. The Labute approximate surface area is 286 Å². The fraction of sp³-hybridized carbons (Fsp3) is 0.188. The lowest BCUT2D eigenvalue weighted by molar-refractivity contribution is -0.145. The predicted molar refractivity (Wildman–Crippen MR) is 181 cm³/mol. The molecular formula is C32H30N12O7. The number of esters is 1. The van der Waals surface area contributed by atoms with Gasteiger partial charge in [-0.15, -0.1) is 0 Å². The molecule has 1 atom stereocenters. The quantitative estimate of drug-likeness (QED) is 0.0794. The van der Waals surface area contributed by atoms with E-state index in [-0.39, 0.29) is 67.1 Å². The molecule has 4 aromatic heterocycles. The number of amides is 1. The number of benzene rings is 2. The second kappa shape index (κ2) is 14.9. The van der Waals surface area contributed by atoms with Crippen LogP contribution in [0.5, 0.6) is 5.88 Å². The van der Waals surface area contributed by atoms with Gasteiger partial charge in [0.05, 0.1) is 24.8 Å². The number of carboxylic acid groups (broad SMARTS) is 1. The third-order valence-corrected chi connectivity index (χ3v) is 7.41. The van der Waals surface area contributed by atoms with Gasteiger partial charge < -0.3 is 41.7 Å². The number of hydrogen-bond acceptors (Lipinski definition) is 15. The van der Waals surface area contributed by atoms with Crippen LogP contribution in [0, 0.1) is 0 Å². The Morgan fingerprint density at radius 2 is 1.65 bits per heavy atom. The monoisotopic (exact) mass is 694 g/mol. The van der Waals surface area contributed by atoms with Gasteiger partial charge in [-0.05, 0) is 41.8 Å². The number of aromatic amines is 2. The lowest BCUT2D eigenvalue weighted by atomic mass is 10.1. The molecule has 0 aliphatic rings.